The molecule has 0 saturated carbocycles. The summed E-state index contributed by atoms with van der Waals surface area (Å²) in [4.78, 5) is 15.3. The summed E-state index contributed by atoms with van der Waals surface area (Å²) in [5.74, 6) is 0.370. The number of pyridine rings is 1. The van der Waals surface area contributed by atoms with Crippen molar-refractivity contribution in [1.29, 1.82) is 0 Å². The topological polar surface area (TPSA) is 52.9 Å². The summed E-state index contributed by atoms with van der Waals surface area (Å²) in [6.07, 6.45) is 1.64. The van der Waals surface area contributed by atoms with E-state index in [0.29, 0.717) is 40.6 Å². The van der Waals surface area contributed by atoms with E-state index < -0.39 is 0 Å². The van der Waals surface area contributed by atoms with Crippen LogP contribution in [-0.4, -0.2) is 39.0 Å². The summed E-state index contributed by atoms with van der Waals surface area (Å²) >= 11 is 5.83. The van der Waals surface area contributed by atoms with Gasteiger partial charge in [0.2, 0.25) is 5.43 Å². The van der Waals surface area contributed by atoms with Crippen LogP contribution in [0.5, 0.6) is 5.75 Å². The highest BCUT2D eigenvalue weighted by molar-refractivity contribution is 14.1. The van der Waals surface area contributed by atoms with Crippen LogP contribution >= 0.6 is 38.5 Å². The first-order valence-electron chi connectivity index (χ1n) is 8.88. The van der Waals surface area contributed by atoms with Crippen LogP contribution in [0.4, 0.5) is 0 Å². The third-order valence-corrected chi connectivity index (χ3v) is 6.91. The average Bonchev–Trinajstić information content (AvgIpc) is 2.95. The monoisotopic (exact) mass is 544 g/mol. The second kappa shape index (κ2) is 7.14. The third-order valence-electron chi connectivity index (χ3n) is 5.34. The minimum Gasteiger partial charge on any atom is -0.483 e. The van der Waals surface area contributed by atoms with E-state index in [1.165, 1.54) is 0 Å². The van der Waals surface area contributed by atoms with Crippen LogP contribution in [-0.2, 0) is 22.6 Å². The lowest BCUT2D eigenvalue weighted by Gasteiger charge is -2.43. The Bertz CT molecular complexity index is 922. The molecular formula is C19H18BrIN2O4. The SMILES string of the molecule is O=c1c(Br)cn2c(c1OCc1ccccc1)C1OCC1N1[C@@H](I)CO[C@@H]1C2. The number of hydrogen-bond acceptors (Lipinski definition) is 5. The molecule has 4 heterocycles. The highest BCUT2D eigenvalue weighted by atomic mass is 127. The summed E-state index contributed by atoms with van der Waals surface area (Å²) in [5, 5.41) is 0. The van der Waals surface area contributed by atoms with Crippen molar-refractivity contribution < 1.29 is 14.2 Å². The summed E-state index contributed by atoms with van der Waals surface area (Å²) in [6, 6.07) is 10.1. The third kappa shape index (κ3) is 3.05. The second-order valence-electron chi connectivity index (χ2n) is 6.94. The van der Waals surface area contributed by atoms with Gasteiger partial charge in [0.15, 0.2) is 5.75 Å². The fraction of sp³-hybridized carbons (Fsp3) is 0.421. The Kier molecular flexibility index (Phi) is 4.79. The Morgan fingerprint density at radius 3 is 2.78 bits per heavy atom. The van der Waals surface area contributed by atoms with Crippen LogP contribution in [0.2, 0.25) is 0 Å². The molecule has 0 aliphatic carbocycles. The van der Waals surface area contributed by atoms with Crippen LogP contribution in [0.3, 0.4) is 0 Å². The number of ether oxygens (including phenoxy) is 3. The molecule has 0 amide bonds. The normalized spacial score (nSPS) is 29.3. The minimum atomic E-state index is -0.180. The molecule has 3 aliphatic heterocycles. The van der Waals surface area contributed by atoms with Gasteiger partial charge >= 0.3 is 0 Å². The first-order valence-corrected chi connectivity index (χ1v) is 10.9. The van der Waals surface area contributed by atoms with Gasteiger partial charge in [0.1, 0.15) is 18.9 Å². The van der Waals surface area contributed by atoms with Gasteiger partial charge in [-0.1, -0.05) is 52.9 Å². The summed E-state index contributed by atoms with van der Waals surface area (Å²) in [6.45, 7) is 2.34. The molecule has 3 aliphatic rings. The molecule has 4 atom stereocenters. The van der Waals surface area contributed by atoms with Gasteiger partial charge in [-0.25, -0.2) is 0 Å². The zero-order chi connectivity index (χ0) is 18.5. The Labute approximate surface area is 178 Å². The summed E-state index contributed by atoms with van der Waals surface area (Å²) < 4.78 is 20.8. The van der Waals surface area contributed by atoms with E-state index >= 15 is 0 Å². The van der Waals surface area contributed by atoms with E-state index in [1.54, 1.807) is 0 Å². The predicted octanol–water partition coefficient (Wildman–Crippen LogP) is 3.06. The first-order chi connectivity index (χ1) is 13.1. The molecule has 2 fully saturated rings. The molecule has 2 unspecified atom stereocenters. The van der Waals surface area contributed by atoms with E-state index in [-0.39, 0.29) is 23.8 Å². The fourth-order valence-electron chi connectivity index (χ4n) is 3.99. The molecular weight excluding hydrogens is 527 g/mol. The number of fused-ring (bicyclic) bond motifs is 5. The van der Waals surface area contributed by atoms with Crippen LogP contribution in [0.15, 0.2) is 45.8 Å². The Morgan fingerprint density at radius 2 is 2.04 bits per heavy atom. The van der Waals surface area contributed by atoms with Crippen LogP contribution in [0.25, 0.3) is 0 Å². The van der Waals surface area contributed by atoms with Gasteiger partial charge in [0.25, 0.3) is 0 Å². The number of alkyl halides is 1. The molecule has 1 aromatic carbocycles. The molecule has 6 nitrogen and oxygen atoms in total. The van der Waals surface area contributed by atoms with Crippen molar-refractivity contribution >= 4 is 38.5 Å². The van der Waals surface area contributed by atoms with Crippen molar-refractivity contribution in [2.75, 3.05) is 13.2 Å². The largest absolute Gasteiger partial charge is 0.483 e. The van der Waals surface area contributed by atoms with E-state index in [0.717, 1.165) is 11.3 Å². The molecule has 8 heteroatoms. The van der Waals surface area contributed by atoms with Gasteiger partial charge in [-0.3, -0.25) is 9.69 Å². The number of halogens is 2. The van der Waals surface area contributed by atoms with E-state index in [4.69, 9.17) is 14.2 Å². The maximum Gasteiger partial charge on any atom is 0.237 e. The van der Waals surface area contributed by atoms with E-state index in [9.17, 15) is 4.79 Å². The molecule has 142 valence electrons. The van der Waals surface area contributed by atoms with Crippen molar-refractivity contribution in [3.05, 3.63) is 62.5 Å². The molecule has 0 N–H and O–H groups in total. The number of benzene rings is 1. The highest BCUT2D eigenvalue weighted by Crippen LogP contribution is 2.44. The van der Waals surface area contributed by atoms with E-state index in [1.807, 2.05) is 36.5 Å². The Morgan fingerprint density at radius 1 is 1.22 bits per heavy atom. The highest BCUT2D eigenvalue weighted by Gasteiger charge is 2.51. The standard InChI is InChI=1S/C19H18BrIN2O4/c20-12-6-22-7-15-23(14(21)10-25-15)13-9-27-18(13)16(22)19(17(12)24)26-8-11-4-2-1-3-5-11/h1-6,13-15,18H,7-10H2/t13?,14-,15-,18?/m1/s1. The number of nitrogens with zero attached hydrogens (tertiary/aromatic N) is 2. The van der Waals surface area contributed by atoms with Gasteiger partial charge in [-0.15, -0.1) is 0 Å². The summed E-state index contributed by atoms with van der Waals surface area (Å²) in [7, 11) is 0. The number of aromatic nitrogens is 1. The van der Waals surface area contributed by atoms with Crippen LogP contribution < -0.4 is 10.2 Å². The molecule has 2 saturated heterocycles. The maximum absolute atomic E-state index is 12.9. The van der Waals surface area contributed by atoms with Crippen molar-refractivity contribution in [1.82, 2.24) is 9.47 Å². The quantitative estimate of drug-likeness (QED) is 0.338. The summed E-state index contributed by atoms with van der Waals surface area (Å²) in [5.41, 5.74) is 1.70. The minimum absolute atomic E-state index is 0.0130. The van der Waals surface area contributed by atoms with Crippen LogP contribution in [0, 0.1) is 0 Å². The van der Waals surface area contributed by atoms with E-state index in [2.05, 4.69) is 48.0 Å². The first kappa shape index (κ1) is 18.1. The van der Waals surface area contributed by atoms with Crippen LogP contribution in [0.1, 0.15) is 17.4 Å². The van der Waals surface area contributed by atoms with Gasteiger partial charge in [0.05, 0.1) is 40.0 Å². The lowest BCUT2D eigenvalue weighted by molar-refractivity contribution is -0.153. The lowest BCUT2D eigenvalue weighted by atomic mass is 10.0. The van der Waals surface area contributed by atoms with Gasteiger partial charge in [0, 0.05) is 6.20 Å². The molecule has 27 heavy (non-hydrogen) atoms. The average molecular weight is 545 g/mol. The number of hydrogen-bond donors (Lipinski definition) is 0. The molecule has 0 spiro atoms. The van der Waals surface area contributed by atoms with Gasteiger partial charge < -0.3 is 18.8 Å². The molecule has 1 aromatic heterocycles. The number of rotatable bonds is 3. The molecule has 0 bridgehead atoms. The van der Waals surface area contributed by atoms with Gasteiger partial charge in [-0.2, -0.15) is 0 Å². The lowest BCUT2D eigenvalue weighted by Crippen LogP contribution is -2.53. The van der Waals surface area contributed by atoms with Gasteiger partial charge in [-0.05, 0) is 21.5 Å². The van der Waals surface area contributed by atoms with Crippen molar-refractivity contribution in [3.63, 3.8) is 0 Å². The second-order valence-corrected chi connectivity index (χ2v) is 9.23. The zero-order valence-corrected chi connectivity index (χ0v) is 18.1. The smallest absolute Gasteiger partial charge is 0.237 e. The molecule has 5 rings (SSSR count). The molecule has 0 radical (unpaired) electrons. The Balaban J connectivity index is 1.56. The predicted molar refractivity (Wildman–Crippen MR) is 111 cm³/mol. The maximum atomic E-state index is 12.9. The van der Waals surface area contributed by atoms with Crippen molar-refractivity contribution in [2.45, 2.75) is 35.6 Å². The molecule has 2 aromatic rings. The van der Waals surface area contributed by atoms with Crippen molar-refractivity contribution in [3.8, 4) is 5.75 Å². The fourth-order valence-corrected chi connectivity index (χ4v) is 5.40. The Hall–Kier alpha value is -0.940. The zero-order valence-electron chi connectivity index (χ0n) is 14.4. The van der Waals surface area contributed by atoms with Crippen molar-refractivity contribution in [2.24, 2.45) is 0 Å².